The number of hydrogen-bond acceptors (Lipinski definition) is 1. The Bertz CT molecular complexity index is 1820. The van der Waals surface area contributed by atoms with Crippen molar-refractivity contribution in [2.24, 2.45) is 0 Å². The quantitative estimate of drug-likeness (QED) is 0.206. The van der Waals surface area contributed by atoms with Crippen molar-refractivity contribution in [2.75, 3.05) is 4.90 Å². The zero-order chi connectivity index (χ0) is 27.3. The monoisotopic (exact) mass is 517 g/mol. The van der Waals surface area contributed by atoms with Gasteiger partial charge in [0.15, 0.2) is 11.9 Å². The summed E-state index contributed by atoms with van der Waals surface area (Å²) in [6, 6.07) is 44.1. The summed E-state index contributed by atoms with van der Waals surface area (Å²) in [6.45, 7) is 9.21. The van der Waals surface area contributed by atoms with Crippen molar-refractivity contribution in [3.05, 3.63) is 140 Å². The first-order chi connectivity index (χ1) is 19.7. The molecule has 1 aromatic heterocycles. The first-order valence-electron chi connectivity index (χ1n) is 14.3. The number of fused-ring (bicyclic) bond motifs is 5. The van der Waals surface area contributed by atoms with Gasteiger partial charge in [0.25, 0.3) is 0 Å². The highest BCUT2D eigenvalue weighted by molar-refractivity contribution is 6.05. The molecular weight excluding hydrogens is 484 g/mol. The molecule has 2 heterocycles. The average molecular weight is 518 g/mol. The summed E-state index contributed by atoms with van der Waals surface area (Å²) in [5.41, 5.74) is 8.39. The molecule has 0 saturated heterocycles. The summed E-state index contributed by atoms with van der Waals surface area (Å²) in [4.78, 5) is 2.45. The topological polar surface area (TPSA) is 7.12 Å². The van der Waals surface area contributed by atoms with Crippen molar-refractivity contribution in [1.82, 2.24) is 0 Å². The molecule has 0 saturated carbocycles. The van der Waals surface area contributed by atoms with Crippen LogP contribution in [0.25, 0.3) is 38.5 Å². The first-order valence-corrected chi connectivity index (χ1v) is 14.3. The van der Waals surface area contributed by atoms with E-state index in [0.717, 1.165) is 24.2 Å². The number of rotatable bonds is 5. The molecule has 0 amide bonds. The van der Waals surface area contributed by atoms with Crippen LogP contribution in [0, 0.1) is 0 Å². The molecule has 1 aliphatic heterocycles. The highest BCUT2D eigenvalue weighted by Crippen LogP contribution is 2.49. The van der Waals surface area contributed by atoms with E-state index in [-0.39, 0.29) is 5.41 Å². The lowest BCUT2D eigenvalue weighted by Gasteiger charge is -2.36. The van der Waals surface area contributed by atoms with Crippen molar-refractivity contribution in [2.45, 2.75) is 32.1 Å². The van der Waals surface area contributed by atoms with E-state index in [0.29, 0.717) is 0 Å². The number of nitrogens with zero attached hydrogens (tertiary/aromatic N) is 2. The SMILES string of the molecule is C=C1[n+]2ccccc2-c2cc(N(c3cccc4ccccc34)c3cccc4ccccc34)ccc2C1(CC)CC. The van der Waals surface area contributed by atoms with Gasteiger partial charge in [0.2, 0.25) is 5.69 Å². The van der Waals surface area contributed by atoms with Crippen molar-refractivity contribution in [1.29, 1.82) is 0 Å². The average Bonchev–Trinajstić information content (AvgIpc) is 3.02. The van der Waals surface area contributed by atoms with E-state index in [1.54, 1.807) is 0 Å². The molecule has 5 aromatic carbocycles. The van der Waals surface area contributed by atoms with Gasteiger partial charge in [-0.3, -0.25) is 0 Å². The Hall–Kier alpha value is -4.69. The second-order valence-electron chi connectivity index (χ2n) is 10.8. The van der Waals surface area contributed by atoms with Crippen LogP contribution in [0.2, 0.25) is 0 Å². The van der Waals surface area contributed by atoms with Crippen LogP contribution in [0.3, 0.4) is 0 Å². The first kappa shape index (κ1) is 24.4. The van der Waals surface area contributed by atoms with Gasteiger partial charge in [0.1, 0.15) is 0 Å². The number of allylic oxidation sites excluding steroid dienone is 1. The molecule has 0 atom stereocenters. The Labute approximate surface area is 236 Å². The van der Waals surface area contributed by atoms with Crippen molar-refractivity contribution >= 4 is 44.3 Å². The number of pyridine rings is 1. The van der Waals surface area contributed by atoms with Gasteiger partial charge in [0.05, 0.1) is 22.4 Å². The van der Waals surface area contributed by atoms with Crippen LogP contribution < -0.4 is 9.47 Å². The predicted octanol–water partition coefficient (Wildman–Crippen LogP) is 9.96. The lowest BCUT2D eigenvalue weighted by molar-refractivity contribution is -0.577. The lowest BCUT2D eigenvalue weighted by Crippen LogP contribution is -2.48. The molecule has 40 heavy (non-hydrogen) atoms. The number of benzene rings is 5. The Kier molecular flexibility index (Phi) is 5.78. The Morgan fingerprint density at radius 3 is 1.85 bits per heavy atom. The third-order valence-corrected chi connectivity index (χ3v) is 8.98. The Morgan fingerprint density at radius 2 is 1.23 bits per heavy atom. The zero-order valence-electron chi connectivity index (χ0n) is 23.1. The van der Waals surface area contributed by atoms with Crippen molar-refractivity contribution in [3.63, 3.8) is 0 Å². The molecule has 0 fully saturated rings. The minimum absolute atomic E-state index is 0.101. The van der Waals surface area contributed by atoms with Crippen LogP contribution in [0.4, 0.5) is 17.1 Å². The Balaban J connectivity index is 1.55. The molecule has 0 aliphatic carbocycles. The lowest BCUT2D eigenvalue weighted by atomic mass is 9.69. The molecule has 194 valence electrons. The van der Waals surface area contributed by atoms with Gasteiger partial charge >= 0.3 is 0 Å². The fourth-order valence-electron chi connectivity index (χ4n) is 6.84. The Morgan fingerprint density at radius 1 is 0.650 bits per heavy atom. The maximum atomic E-state index is 4.62. The summed E-state index contributed by atoms with van der Waals surface area (Å²) in [5, 5.41) is 4.93. The van der Waals surface area contributed by atoms with Gasteiger partial charge in [-0.2, -0.15) is 4.57 Å². The zero-order valence-corrected chi connectivity index (χ0v) is 23.1. The molecule has 0 spiro atoms. The van der Waals surface area contributed by atoms with E-state index in [1.807, 2.05) is 0 Å². The summed E-state index contributed by atoms with van der Waals surface area (Å²) in [7, 11) is 0. The van der Waals surface area contributed by atoms with E-state index in [2.05, 4.69) is 157 Å². The standard InChI is InChI=1S/C38H33N2/c1-4-38(5-2)27(3)39-25-11-10-20-35(39)33-26-30(23-24-34(33)38)40(36-21-12-16-28-14-6-8-18-31(28)36)37-22-13-17-29-15-7-9-19-32(29)37/h6-26H,3-5H2,1-2H3/q+1. The number of anilines is 3. The minimum Gasteiger partial charge on any atom is -0.309 e. The second-order valence-corrected chi connectivity index (χ2v) is 10.8. The number of hydrogen-bond donors (Lipinski definition) is 0. The third-order valence-electron chi connectivity index (χ3n) is 8.98. The smallest absolute Gasteiger partial charge is 0.218 e. The van der Waals surface area contributed by atoms with E-state index in [9.17, 15) is 0 Å². The van der Waals surface area contributed by atoms with Crippen LogP contribution in [0.5, 0.6) is 0 Å². The van der Waals surface area contributed by atoms with Gasteiger partial charge in [0, 0.05) is 28.6 Å². The van der Waals surface area contributed by atoms with Gasteiger partial charge in [-0.25, -0.2) is 0 Å². The molecule has 2 heteroatoms. The predicted molar refractivity (Wildman–Crippen MR) is 169 cm³/mol. The summed E-state index contributed by atoms with van der Waals surface area (Å²) < 4.78 is 2.30. The minimum atomic E-state index is -0.101. The van der Waals surface area contributed by atoms with Crippen LogP contribution in [0.1, 0.15) is 32.3 Å². The van der Waals surface area contributed by atoms with Gasteiger partial charge in [-0.15, -0.1) is 0 Å². The normalized spacial score (nSPS) is 13.7. The van der Waals surface area contributed by atoms with E-state index < -0.39 is 0 Å². The van der Waals surface area contributed by atoms with Crippen LogP contribution in [-0.4, -0.2) is 0 Å². The molecule has 7 rings (SSSR count). The van der Waals surface area contributed by atoms with E-state index >= 15 is 0 Å². The summed E-state index contributed by atoms with van der Waals surface area (Å²) in [6.07, 6.45) is 4.18. The molecule has 1 aliphatic rings. The summed E-state index contributed by atoms with van der Waals surface area (Å²) >= 11 is 0. The van der Waals surface area contributed by atoms with Gasteiger partial charge in [-0.05, 0) is 66.1 Å². The van der Waals surface area contributed by atoms with Crippen LogP contribution in [0.15, 0.2) is 134 Å². The van der Waals surface area contributed by atoms with Crippen molar-refractivity contribution < 1.29 is 4.57 Å². The molecule has 0 unspecified atom stereocenters. The summed E-state index contributed by atoms with van der Waals surface area (Å²) in [5.74, 6) is 0. The molecule has 6 aromatic rings. The molecule has 0 N–H and O–H groups in total. The van der Waals surface area contributed by atoms with E-state index in [4.69, 9.17) is 0 Å². The van der Waals surface area contributed by atoms with Crippen molar-refractivity contribution in [3.8, 4) is 11.3 Å². The highest BCUT2D eigenvalue weighted by atomic mass is 15.1. The maximum Gasteiger partial charge on any atom is 0.218 e. The van der Waals surface area contributed by atoms with Gasteiger partial charge in [-0.1, -0.05) is 92.7 Å². The van der Waals surface area contributed by atoms with Gasteiger partial charge < -0.3 is 4.90 Å². The third kappa shape index (κ3) is 3.53. The fourth-order valence-corrected chi connectivity index (χ4v) is 6.84. The molecule has 0 bridgehead atoms. The highest BCUT2D eigenvalue weighted by Gasteiger charge is 2.45. The molecule has 2 nitrogen and oxygen atoms in total. The van der Waals surface area contributed by atoms with Crippen LogP contribution >= 0.6 is 0 Å². The largest absolute Gasteiger partial charge is 0.309 e. The van der Waals surface area contributed by atoms with Crippen LogP contribution in [-0.2, 0) is 5.41 Å². The number of aromatic nitrogens is 1. The molecular formula is C38H33N2+. The second kappa shape index (κ2) is 9.50. The van der Waals surface area contributed by atoms with E-state index in [1.165, 1.54) is 49.7 Å². The fraction of sp³-hybridized carbons (Fsp3) is 0.132. The maximum absolute atomic E-state index is 4.62. The molecule has 0 radical (unpaired) electrons.